The second-order valence-electron chi connectivity index (χ2n) is 14.6. The molecule has 0 bridgehead atoms. The molecule has 2 nitrogen and oxygen atoms in total. The van der Waals surface area contributed by atoms with Crippen molar-refractivity contribution in [3.8, 4) is 22.3 Å². The Bertz CT molecular complexity index is 2530. The summed E-state index contributed by atoms with van der Waals surface area (Å²) < 4.78 is 6.84. The van der Waals surface area contributed by atoms with Crippen molar-refractivity contribution in [3.63, 3.8) is 0 Å². The van der Waals surface area contributed by atoms with Crippen molar-refractivity contribution < 1.29 is 4.42 Å². The lowest BCUT2D eigenvalue weighted by Gasteiger charge is -2.28. The molecule has 10 rings (SSSR count). The molecule has 230 valence electrons. The summed E-state index contributed by atoms with van der Waals surface area (Å²) in [7, 11) is 0. The fourth-order valence-electron chi connectivity index (χ4n) is 8.84. The van der Waals surface area contributed by atoms with Gasteiger partial charge in [-0.15, -0.1) is 0 Å². The van der Waals surface area contributed by atoms with Gasteiger partial charge in [0.1, 0.15) is 5.58 Å². The van der Waals surface area contributed by atoms with Gasteiger partial charge in [-0.05, 0) is 91.7 Å². The molecule has 8 aromatic rings. The molecule has 2 heteroatoms. The van der Waals surface area contributed by atoms with Gasteiger partial charge >= 0.3 is 0 Å². The van der Waals surface area contributed by atoms with Crippen molar-refractivity contribution in [1.29, 1.82) is 0 Å². The van der Waals surface area contributed by atoms with E-state index in [4.69, 9.17) is 4.42 Å². The summed E-state index contributed by atoms with van der Waals surface area (Å²) in [5, 5.41) is 4.69. The summed E-state index contributed by atoms with van der Waals surface area (Å²) >= 11 is 0. The summed E-state index contributed by atoms with van der Waals surface area (Å²) in [6, 6.07) is 51.3. The van der Waals surface area contributed by atoms with Crippen molar-refractivity contribution in [3.05, 3.63) is 162 Å². The van der Waals surface area contributed by atoms with Crippen LogP contribution in [0.3, 0.4) is 0 Å². The predicted octanol–water partition coefficient (Wildman–Crippen LogP) is 12.8. The molecule has 0 fully saturated rings. The number of hydrogen-bond acceptors (Lipinski definition) is 2. The van der Waals surface area contributed by atoms with E-state index in [2.05, 4.69) is 172 Å². The maximum atomic E-state index is 6.84. The van der Waals surface area contributed by atoms with Gasteiger partial charge in [-0.1, -0.05) is 131 Å². The normalized spacial score (nSPS) is 15.0. The van der Waals surface area contributed by atoms with Crippen LogP contribution in [0.4, 0.5) is 17.1 Å². The number of para-hydroxylation sites is 1. The topological polar surface area (TPSA) is 16.4 Å². The van der Waals surface area contributed by atoms with Gasteiger partial charge in [0.15, 0.2) is 5.58 Å². The molecule has 0 amide bonds. The first kappa shape index (κ1) is 27.5. The highest BCUT2D eigenvalue weighted by Gasteiger charge is 2.37. The van der Waals surface area contributed by atoms with Gasteiger partial charge in [-0.25, -0.2) is 0 Å². The number of hydrogen-bond donors (Lipinski definition) is 0. The van der Waals surface area contributed by atoms with Crippen molar-refractivity contribution in [2.24, 2.45) is 0 Å². The van der Waals surface area contributed by atoms with Crippen LogP contribution in [0.5, 0.6) is 0 Å². The minimum atomic E-state index is -0.0624. The van der Waals surface area contributed by atoms with Gasteiger partial charge in [0.25, 0.3) is 0 Å². The smallest absolute Gasteiger partial charge is 0.160 e. The third-order valence-electron chi connectivity index (χ3n) is 11.2. The number of nitrogens with zero attached hydrogens (tertiary/aromatic N) is 1. The van der Waals surface area contributed by atoms with E-state index < -0.39 is 0 Å². The van der Waals surface area contributed by atoms with Crippen LogP contribution >= 0.6 is 0 Å². The zero-order chi connectivity index (χ0) is 32.4. The largest absolute Gasteiger partial charge is 0.454 e. The highest BCUT2D eigenvalue weighted by Crippen LogP contribution is 2.54. The van der Waals surface area contributed by atoms with Crippen LogP contribution in [-0.4, -0.2) is 0 Å². The fourth-order valence-corrected chi connectivity index (χ4v) is 8.84. The van der Waals surface area contributed by atoms with Gasteiger partial charge in [0, 0.05) is 33.0 Å². The Morgan fingerprint density at radius 1 is 0.458 bits per heavy atom. The molecular formula is C46H35NO. The average Bonchev–Trinajstić information content (AvgIpc) is 3.69. The monoisotopic (exact) mass is 617 g/mol. The molecule has 48 heavy (non-hydrogen) atoms. The lowest BCUT2D eigenvalue weighted by Crippen LogP contribution is -2.16. The minimum absolute atomic E-state index is 0.0624. The van der Waals surface area contributed by atoms with E-state index in [-0.39, 0.29) is 10.8 Å². The Morgan fingerprint density at radius 3 is 1.58 bits per heavy atom. The maximum absolute atomic E-state index is 6.84. The van der Waals surface area contributed by atoms with E-state index >= 15 is 0 Å². The molecule has 1 heterocycles. The number of furan rings is 1. The van der Waals surface area contributed by atoms with Crippen molar-refractivity contribution >= 4 is 49.8 Å². The first-order valence-electron chi connectivity index (χ1n) is 16.9. The molecular weight excluding hydrogens is 583 g/mol. The Morgan fingerprint density at radius 2 is 0.958 bits per heavy atom. The van der Waals surface area contributed by atoms with Crippen molar-refractivity contribution in [2.45, 2.75) is 38.5 Å². The Hall–Kier alpha value is -5.60. The third-order valence-corrected chi connectivity index (χ3v) is 11.2. The lowest BCUT2D eigenvalue weighted by molar-refractivity contribution is 0.660. The number of benzene rings is 7. The van der Waals surface area contributed by atoms with Gasteiger partial charge in [-0.2, -0.15) is 0 Å². The predicted molar refractivity (Wildman–Crippen MR) is 201 cm³/mol. The summed E-state index contributed by atoms with van der Waals surface area (Å²) in [4.78, 5) is 2.43. The molecule has 7 aromatic carbocycles. The first-order valence-corrected chi connectivity index (χ1v) is 16.9. The van der Waals surface area contributed by atoms with E-state index in [0.717, 1.165) is 39.0 Å². The van der Waals surface area contributed by atoms with E-state index in [1.165, 1.54) is 55.3 Å². The van der Waals surface area contributed by atoms with Crippen LogP contribution in [0.2, 0.25) is 0 Å². The molecule has 1 aromatic heterocycles. The molecule has 0 unspecified atom stereocenters. The lowest BCUT2D eigenvalue weighted by atomic mass is 9.82. The molecule has 2 aliphatic carbocycles. The number of anilines is 3. The molecule has 0 N–H and O–H groups in total. The SMILES string of the molecule is CC1(C)c2ccccc2-c2cc(N(c3ccc4c(c3)-c3ccccc3C4(C)C)c3cc4ccccc4c4c3oc3ccccc34)ccc21. The zero-order valence-electron chi connectivity index (χ0n) is 27.6. The van der Waals surface area contributed by atoms with Crippen LogP contribution in [-0.2, 0) is 10.8 Å². The van der Waals surface area contributed by atoms with E-state index in [9.17, 15) is 0 Å². The van der Waals surface area contributed by atoms with E-state index in [1.807, 2.05) is 0 Å². The zero-order valence-corrected chi connectivity index (χ0v) is 27.6. The van der Waals surface area contributed by atoms with E-state index in [0.29, 0.717) is 0 Å². The molecule has 0 radical (unpaired) electrons. The first-order chi connectivity index (χ1) is 23.3. The molecule has 2 aliphatic rings. The highest BCUT2D eigenvalue weighted by molar-refractivity contribution is 6.23. The third kappa shape index (κ3) is 3.58. The van der Waals surface area contributed by atoms with Crippen LogP contribution in [0, 0.1) is 0 Å². The standard InChI is InChI=1S/C46H35NO/c1-45(2)37-18-10-7-15-32(37)35-26-29(21-23-39(35)45)47(30-22-24-40-36(27-30)33-16-8-11-19-38(33)46(40,3)4)41-25-28-13-5-6-14-31(28)43-34-17-9-12-20-42(34)48-44(41)43/h5-27H,1-4H3. The van der Waals surface area contributed by atoms with Crippen molar-refractivity contribution in [2.75, 3.05) is 4.90 Å². The molecule has 0 atom stereocenters. The van der Waals surface area contributed by atoms with Crippen LogP contribution in [0.1, 0.15) is 49.9 Å². The van der Waals surface area contributed by atoms with Gasteiger partial charge in [0.2, 0.25) is 0 Å². The summed E-state index contributed by atoms with van der Waals surface area (Å²) in [6.07, 6.45) is 0. The Balaban J connectivity index is 1.30. The maximum Gasteiger partial charge on any atom is 0.160 e. The molecule has 0 aliphatic heterocycles. The summed E-state index contributed by atoms with van der Waals surface area (Å²) in [5.74, 6) is 0. The van der Waals surface area contributed by atoms with Gasteiger partial charge < -0.3 is 9.32 Å². The number of rotatable bonds is 3. The van der Waals surface area contributed by atoms with Crippen LogP contribution < -0.4 is 4.90 Å². The van der Waals surface area contributed by atoms with Crippen molar-refractivity contribution in [1.82, 2.24) is 0 Å². The minimum Gasteiger partial charge on any atom is -0.454 e. The fraction of sp³-hybridized carbons (Fsp3) is 0.130. The molecule has 0 saturated carbocycles. The quantitative estimate of drug-likeness (QED) is 0.196. The summed E-state index contributed by atoms with van der Waals surface area (Å²) in [6.45, 7) is 9.37. The highest BCUT2D eigenvalue weighted by atomic mass is 16.3. The molecule has 0 spiro atoms. The Labute approximate surface area is 280 Å². The van der Waals surface area contributed by atoms with Crippen LogP contribution in [0.15, 0.2) is 144 Å². The van der Waals surface area contributed by atoms with Gasteiger partial charge in [-0.3, -0.25) is 0 Å². The summed E-state index contributed by atoms with van der Waals surface area (Å²) in [5.41, 5.74) is 15.7. The average molecular weight is 618 g/mol. The second-order valence-corrected chi connectivity index (χ2v) is 14.6. The van der Waals surface area contributed by atoms with Crippen LogP contribution in [0.25, 0.3) is 55.0 Å². The van der Waals surface area contributed by atoms with Gasteiger partial charge in [0.05, 0.1) is 5.69 Å². The van der Waals surface area contributed by atoms with E-state index in [1.54, 1.807) is 0 Å². The molecule has 0 saturated heterocycles. The Kier molecular flexibility index (Phi) is 5.44. The number of fused-ring (bicyclic) bond motifs is 11. The second kappa shape index (κ2) is 9.49.